The molecule has 1 nitrogen and oxygen atoms in total. The van der Waals surface area contributed by atoms with Gasteiger partial charge in [0.25, 0.3) is 0 Å². The van der Waals surface area contributed by atoms with Crippen LogP contribution < -0.4 is 4.74 Å². The molecule has 0 radical (unpaired) electrons. The van der Waals surface area contributed by atoms with Gasteiger partial charge < -0.3 is 4.74 Å². The summed E-state index contributed by atoms with van der Waals surface area (Å²) in [7, 11) is 0. The van der Waals surface area contributed by atoms with Crippen molar-refractivity contribution in [2.24, 2.45) is 5.92 Å². The minimum absolute atomic E-state index is 0.666. The molecule has 3 rings (SSSR count). The van der Waals surface area contributed by atoms with Crippen LogP contribution in [0.2, 0.25) is 0 Å². The van der Waals surface area contributed by atoms with E-state index in [2.05, 4.69) is 32.0 Å². The Hall–Kier alpha value is -0.980. The first kappa shape index (κ1) is 14.1. The third-order valence-corrected chi connectivity index (χ3v) is 2.66. The summed E-state index contributed by atoms with van der Waals surface area (Å²) in [5.41, 5.74) is 2.69. The number of fused-ring (bicyclic) bond motifs is 1. The third-order valence-electron chi connectivity index (χ3n) is 2.66. The molecule has 0 amide bonds. The highest BCUT2D eigenvalue weighted by molar-refractivity contribution is 5.38. The van der Waals surface area contributed by atoms with E-state index < -0.39 is 0 Å². The number of hydrogen-bond donors (Lipinski definition) is 0. The molecule has 0 bridgehead atoms. The van der Waals surface area contributed by atoms with Gasteiger partial charge in [0.1, 0.15) is 5.75 Å². The SMILES string of the molecule is C1CC1.CC.Cc1ccc2c(c1)CC(C)CO2. The molecule has 0 aromatic heterocycles. The Morgan fingerprint density at radius 1 is 1.12 bits per heavy atom. The fraction of sp³-hybridized carbons (Fsp3) is 0.625. The summed E-state index contributed by atoms with van der Waals surface area (Å²) in [6.45, 7) is 9.22. The van der Waals surface area contributed by atoms with E-state index in [0.717, 1.165) is 18.8 Å². The smallest absolute Gasteiger partial charge is 0.122 e. The van der Waals surface area contributed by atoms with E-state index in [1.54, 1.807) is 0 Å². The van der Waals surface area contributed by atoms with Gasteiger partial charge in [-0.2, -0.15) is 0 Å². The van der Waals surface area contributed by atoms with Crippen molar-refractivity contribution in [2.75, 3.05) is 6.61 Å². The average Bonchev–Trinajstić information content (AvgIpc) is 3.18. The first-order valence-corrected chi connectivity index (χ1v) is 6.98. The van der Waals surface area contributed by atoms with Gasteiger partial charge in [0.05, 0.1) is 6.61 Å². The molecule has 1 atom stereocenters. The molecule has 96 valence electrons. The Morgan fingerprint density at radius 3 is 2.35 bits per heavy atom. The fourth-order valence-electron chi connectivity index (χ4n) is 1.67. The third kappa shape index (κ3) is 5.25. The lowest BCUT2D eigenvalue weighted by atomic mass is 9.97. The highest BCUT2D eigenvalue weighted by Gasteiger charge is 2.15. The van der Waals surface area contributed by atoms with Crippen LogP contribution in [0.15, 0.2) is 18.2 Å². The van der Waals surface area contributed by atoms with E-state index in [4.69, 9.17) is 4.74 Å². The summed E-state index contributed by atoms with van der Waals surface area (Å²) < 4.78 is 5.59. The van der Waals surface area contributed by atoms with E-state index in [1.807, 2.05) is 13.8 Å². The maximum atomic E-state index is 5.59. The van der Waals surface area contributed by atoms with Crippen LogP contribution in [-0.4, -0.2) is 6.61 Å². The molecule has 1 aliphatic carbocycles. The zero-order chi connectivity index (χ0) is 12.7. The summed E-state index contributed by atoms with van der Waals surface area (Å²) in [4.78, 5) is 0. The van der Waals surface area contributed by atoms with Gasteiger partial charge in [-0.1, -0.05) is 57.7 Å². The molecule has 2 aliphatic rings. The second-order valence-corrected chi connectivity index (χ2v) is 4.79. The topological polar surface area (TPSA) is 9.23 Å². The Morgan fingerprint density at radius 2 is 1.76 bits per heavy atom. The molecule has 1 aromatic rings. The second-order valence-electron chi connectivity index (χ2n) is 4.79. The van der Waals surface area contributed by atoms with Crippen LogP contribution in [0.4, 0.5) is 0 Å². The molecular weight excluding hydrogens is 208 g/mol. The Kier molecular flexibility index (Phi) is 6.10. The van der Waals surface area contributed by atoms with E-state index in [0.29, 0.717) is 5.92 Å². The summed E-state index contributed by atoms with van der Waals surface area (Å²) in [5.74, 6) is 1.75. The van der Waals surface area contributed by atoms with Crippen molar-refractivity contribution in [2.45, 2.75) is 53.4 Å². The number of rotatable bonds is 0. The predicted molar refractivity (Wildman–Crippen MR) is 74.7 cm³/mol. The molecule has 1 unspecified atom stereocenters. The highest BCUT2D eigenvalue weighted by atomic mass is 16.5. The molecule has 0 saturated heterocycles. The summed E-state index contributed by atoms with van der Waals surface area (Å²) in [5, 5.41) is 0. The Labute approximate surface area is 106 Å². The van der Waals surface area contributed by atoms with Crippen molar-refractivity contribution in [3.8, 4) is 5.75 Å². The zero-order valence-electron chi connectivity index (χ0n) is 11.8. The molecule has 1 aromatic carbocycles. The highest BCUT2D eigenvalue weighted by Crippen LogP contribution is 2.27. The minimum Gasteiger partial charge on any atom is -0.493 e. The van der Waals surface area contributed by atoms with Crippen molar-refractivity contribution in [3.63, 3.8) is 0 Å². The lowest BCUT2D eigenvalue weighted by molar-refractivity contribution is 0.234. The first-order chi connectivity index (χ1) is 8.25. The maximum absolute atomic E-state index is 5.59. The molecule has 1 saturated carbocycles. The quantitative estimate of drug-likeness (QED) is 0.628. The van der Waals surface area contributed by atoms with Gasteiger partial charge in [0, 0.05) is 0 Å². The molecule has 1 fully saturated rings. The van der Waals surface area contributed by atoms with Gasteiger partial charge in [-0.25, -0.2) is 0 Å². The number of aryl methyl sites for hydroxylation is 1. The van der Waals surface area contributed by atoms with Gasteiger partial charge in [-0.3, -0.25) is 0 Å². The molecule has 17 heavy (non-hydrogen) atoms. The van der Waals surface area contributed by atoms with Crippen LogP contribution in [0.5, 0.6) is 5.75 Å². The normalized spacial score (nSPS) is 19.6. The molecule has 1 heterocycles. The van der Waals surface area contributed by atoms with Crippen molar-refractivity contribution >= 4 is 0 Å². The van der Waals surface area contributed by atoms with Gasteiger partial charge in [-0.05, 0) is 30.9 Å². The number of ether oxygens (including phenoxy) is 1. The van der Waals surface area contributed by atoms with Crippen LogP contribution in [0.3, 0.4) is 0 Å². The van der Waals surface area contributed by atoms with Crippen LogP contribution in [0.25, 0.3) is 0 Å². The number of hydrogen-bond acceptors (Lipinski definition) is 1. The molecule has 0 spiro atoms. The molecule has 1 heteroatoms. The van der Waals surface area contributed by atoms with Gasteiger partial charge in [0.2, 0.25) is 0 Å². The van der Waals surface area contributed by atoms with Gasteiger partial charge >= 0.3 is 0 Å². The first-order valence-electron chi connectivity index (χ1n) is 6.98. The van der Waals surface area contributed by atoms with Crippen molar-refractivity contribution in [1.82, 2.24) is 0 Å². The molecular formula is C16H26O. The second kappa shape index (κ2) is 7.37. The Balaban J connectivity index is 0.000000245. The van der Waals surface area contributed by atoms with Crippen LogP contribution in [0.1, 0.15) is 51.2 Å². The lowest BCUT2D eigenvalue weighted by Gasteiger charge is -2.22. The summed E-state index contributed by atoms with van der Waals surface area (Å²) in [6.07, 6.45) is 5.66. The maximum Gasteiger partial charge on any atom is 0.122 e. The number of benzene rings is 1. The molecule has 0 N–H and O–H groups in total. The van der Waals surface area contributed by atoms with Crippen molar-refractivity contribution in [1.29, 1.82) is 0 Å². The van der Waals surface area contributed by atoms with Gasteiger partial charge in [-0.15, -0.1) is 0 Å². The predicted octanol–water partition coefficient (Wildman–Crippen LogP) is 4.76. The summed E-state index contributed by atoms with van der Waals surface area (Å²) >= 11 is 0. The van der Waals surface area contributed by atoms with Crippen molar-refractivity contribution in [3.05, 3.63) is 29.3 Å². The Bertz CT molecular complexity index is 326. The van der Waals surface area contributed by atoms with Gasteiger partial charge in [0.15, 0.2) is 0 Å². The monoisotopic (exact) mass is 234 g/mol. The minimum atomic E-state index is 0.666. The molecule has 1 aliphatic heterocycles. The largest absolute Gasteiger partial charge is 0.493 e. The van der Waals surface area contributed by atoms with E-state index in [9.17, 15) is 0 Å². The van der Waals surface area contributed by atoms with E-state index in [-0.39, 0.29) is 0 Å². The lowest BCUT2D eigenvalue weighted by Crippen LogP contribution is -2.17. The average molecular weight is 234 g/mol. The standard InChI is InChI=1S/C11H14O.C3H6.C2H6/c1-8-3-4-11-10(5-8)6-9(2)7-12-11;1-2-3-1;1-2/h3-5,9H,6-7H2,1-2H3;1-3H2;1-2H3. The zero-order valence-corrected chi connectivity index (χ0v) is 11.8. The van der Waals surface area contributed by atoms with Crippen LogP contribution >= 0.6 is 0 Å². The van der Waals surface area contributed by atoms with E-state index in [1.165, 1.54) is 30.4 Å². The van der Waals surface area contributed by atoms with E-state index >= 15 is 0 Å². The van der Waals surface area contributed by atoms with Crippen molar-refractivity contribution < 1.29 is 4.74 Å². The summed E-state index contributed by atoms with van der Waals surface area (Å²) in [6, 6.07) is 6.41. The van der Waals surface area contributed by atoms with Crippen LogP contribution in [0, 0.1) is 12.8 Å². The fourth-order valence-corrected chi connectivity index (χ4v) is 1.67. The van der Waals surface area contributed by atoms with Crippen LogP contribution in [-0.2, 0) is 6.42 Å².